The molecule has 1 fully saturated rings. The Morgan fingerprint density at radius 3 is 3.06 bits per heavy atom. The smallest absolute Gasteiger partial charge is 0.117 e. The van der Waals surface area contributed by atoms with Crippen molar-refractivity contribution >= 4 is 10.9 Å². The summed E-state index contributed by atoms with van der Waals surface area (Å²) in [7, 11) is 0. The van der Waals surface area contributed by atoms with Crippen molar-refractivity contribution in [1.82, 2.24) is 10.3 Å². The van der Waals surface area contributed by atoms with E-state index in [2.05, 4.69) is 16.5 Å². The monoisotopic (exact) mass is 230 g/mol. The second-order valence-electron chi connectivity index (χ2n) is 4.85. The van der Waals surface area contributed by atoms with Crippen LogP contribution < -0.4 is 5.32 Å². The van der Waals surface area contributed by atoms with Gasteiger partial charge in [0.15, 0.2) is 0 Å². The first kappa shape index (κ1) is 10.7. The lowest BCUT2D eigenvalue weighted by atomic mass is 9.92. The molecule has 2 heterocycles. The molecular formula is C14H18N2O. The average molecular weight is 230 g/mol. The van der Waals surface area contributed by atoms with Crippen LogP contribution in [0, 0.1) is 0 Å². The normalized spacial score (nSPS) is 21.5. The topological polar surface area (TPSA) is 48.0 Å². The van der Waals surface area contributed by atoms with Crippen molar-refractivity contribution in [2.24, 2.45) is 0 Å². The molecule has 0 radical (unpaired) electrons. The largest absolute Gasteiger partial charge is 0.508 e. The van der Waals surface area contributed by atoms with Gasteiger partial charge >= 0.3 is 0 Å². The van der Waals surface area contributed by atoms with E-state index in [0.29, 0.717) is 11.7 Å². The number of aromatic amines is 1. The highest BCUT2D eigenvalue weighted by Gasteiger charge is 2.17. The van der Waals surface area contributed by atoms with Gasteiger partial charge in [-0.15, -0.1) is 0 Å². The standard InChI is InChI=1S/C14H18N2O/c17-11-3-4-12-13(9-16-14(12)8-11)10-2-1-6-15-7-5-10/h3-4,8-10,15-17H,1-2,5-7H2. The summed E-state index contributed by atoms with van der Waals surface area (Å²) in [5.41, 5.74) is 2.45. The molecule has 1 aromatic carbocycles. The molecule has 1 aliphatic heterocycles. The molecule has 0 bridgehead atoms. The number of rotatable bonds is 1. The van der Waals surface area contributed by atoms with Gasteiger partial charge in [-0.25, -0.2) is 0 Å². The molecule has 3 nitrogen and oxygen atoms in total. The highest BCUT2D eigenvalue weighted by Crippen LogP contribution is 2.33. The van der Waals surface area contributed by atoms with E-state index in [1.807, 2.05) is 6.07 Å². The zero-order valence-corrected chi connectivity index (χ0v) is 9.87. The first-order valence-electron chi connectivity index (χ1n) is 6.35. The third-order valence-corrected chi connectivity index (χ3v) is 3.71. The maximum atomic E-state index is 9.46. The van der Waals surface area contributed by atoms with Crippen LogP contribution in [0.15, 0.2) is 24.4 Å². The number of aromatic hydroxyl groups is 1. The summed E-state index contributed by atoms with van der Waals surface area (Å²) in [6, 6.07) is 5.59. The first-order chi connectivity index (χ1) is 8.34. The van der Waals surface area contributed by atoms with Crippen LogP contribution in [-0.2, 0) is 0 Å². The molecular weight excluding hydrogens is 212 g/mol. The van der Waals surface area contributed by atoms with Crippen LogP contribution in [0.2, 0.25) is 0 Å². The average Bonchev–Trinajstić information content (AvgIpc) is 2.57. The van der Waals surface area contributed by atoms with Gasteiger partial charge in [-0.3, -0.25) is 0 Å². The molecule has 3 heteroatoms. The molecule has 90 valence electrons. The summed E-state index contributed by atoms with van der Waals surface area (Å²) in [5.74, 6) is 0.969. The number of phenolic OH excluding ortho intramolecular Hbond substituents is 1. The fraction of sp³-hybridized carbons (Fsp3) is 0.429. The summed E-state index contributed by atoms with van der Waals surface area (Å²) < 4.78 is 0. The van der Waals surface area contributed by atoms with Crippen molar-refractivity contribution in [2.75, 3.05) is 13.1 Å². The minimum absolute atomic E-state index is 0.327. The van der Waals surface area contributed by atoms with Crippen LogP contribution in [0.4, 0.5) is 0 Å². The second-order valence-corrected chi connectivity index (χ2v) is 4.85. The van der Waals surface area contributed by atoms with Gasteiger partial charge in [0.25, 0.3) is 0 Å². The van der Waals surface area contributed by atoms with E-state index in [1.165, 1.54) is 30.2 Å². The predicted octanol–water partition coefficient (Wildman–Crippen LogP) is 2.73. The molecule has 3 rings (SSSR count). The minimum Gasteiger partial charge on any atom is -0.508 e. The maximum absolute atomic E-state index is 9.46. The molecule has 1 saturated heterocycles. The highest BCUT2D eigenvalue weighted by molar-refractivity contribution is 5.84. The van der Waals surface area contributed by atoms with Gasteiger partial charge in [-0.05, 0) is 56.0 Å². The molecule has 0 saturated carbocycles. The van der Waals surface area contributed by atoms with Gasteiger partial charge in [0.2, 0.25) is 0 Å². The Hall–Kier alpha value is -1.48. The van der Waals surface area contributed by atoms with Gasteiger partial charge in [0, 0.05) is 23.2 Å². The highest BCUT2D eigenvalue weighted by atomic mass is 16.3. The number of H-pyrrole nitrogens is 1. The first-order valence-corrected chi connectivity index (χ1v) is 6.35. The van der Waals surface area contributed by atoms with Crippen LogP contribution in [0.25, 0.3) is 10.9 Å². The lowest BCUT2D eigenvalue weighted by molar-refractivity contribution is 0.476. The molecule has 1 atom stereocenters. The second kappa shape index (κ2) is 4.41. The summed E-state index contributed by atoms with van der Waals surface area (Å²) >= 11 is 0. The third-order valence-electron chi connectivity index (χ3n) is 3.71. The molecule has 3 N–H and O–H groups in total. The Morgan fingerprint density at radius 1 is 1.18 bits per heavy atom. The van der Waals surface area contributed by atoms with E-state index in [9.17, 15) is 5.11 Å². The Labute approximate surface area is 101 Å². The minimum atomic E-state index is 0.327. The van der Waals surface area contributed by atoms with Crippen LogP contribution in [0.1, 0.15) is 30.7 Å². The molecule has 1 unspecified atom stereocenters. The lowest BCUT2D eigenvalue weighted by Crippen LogP contribution is -2.13. The Morgan fingerprint density at radius 2 is 2.12 bits per heavy atom. The van der Waals surface area contributed by atoms with Gasteiger partial charge in [-0.1, -0.05) is 0 Å². The lowest BCUT2D eigenvalue weighted by Gasteiger charge is -2.12. The van der Waals surface area contributed by atoms with Crippen molar-refractivity contribution in [1.29, 1.82) is 0 Å². The van der Waals surface area contributed by atoms with E-state index >= 15 is 0 Å². The van der Waals surface area contributed by atoms with Crippen molar-refractivity contribution in [2.45, 2.75) is 25.2 Å². The molecule has 0 aliphatic carbocycles. The Kier molecular flexibility index (Phi) is 2.77. The number of nitrogens with one attached hydrogen (secondary N) is 2. The Bertz CT molecular complexity index is 510. The fourth-order valence-corrected chi connectivity index (χ4v) is 2.80. The molecule has 0 spiro atoms. The summed E-state index contributed by atoms with van der Waals surface area (Å²) in [5, 5.41) is 14.2. The van der Waals surface area contributed by atoms with Crippen LogP contribution in [0.5, 0.6) is 5.75 Å². The predicted molar refractivity (Wildman–Crippen MR) is 69.4 cm³/mol. The van der Waals surface area contributed by atoms with E-state index in [-0.39, 0.29) is 0 Å². The van der Waals surface area contributed by atoms with Crippen molar-refractivity contribution in [3.8, 4) is 5.75 Å². The number of hydrogen-bond acceptors (Lipinski definition) is 2. The van der Waals surface area contributed by atoms with E-state index in [0.717, 1.165) is 18.6 Å². The molecule has 1 aromatic heterocycles. The van der Waals surface area contributed by atoms with Crippen molar-refractivity contribution < 1.29 is 5.11 Å². The zero-order chi connectivity index (χ0) is 11.7. The number of benzene rings is 1. The van der Waals surface area contributed by atoms with E-state index in [4.69, 9.17) is 0 Å². The SMILES string of the molecule is Oc1ccc2c(C3CCCNCC3)c[nH]c2c1. The third kappa shape index (κ3) is 2.03. The zero-order valence-electron chi connectivity index (χ0n) is 9.87. The van der Waals surface area contributed by atoms with Crippen LogP contribution in [-0.4, -0.2) is 23.2 Å². The number of fused-ring (bicyclic) bond motifs is 1. The van der Waals surface area contributed by atoms with E-state index < -0.39 is 0 Å². The fourth-order valence-electron chi connectivity index (χ4n) is 2.80. The van der Waals surface area contributed by atoms with Crippen molar-refractivity contribution in [3.63, 3.8) is 0 Å². The van der Waals surface area contributed by atoms with E-state index in [1.54, 1.807) is 12.1 Å². The van der Waals surface area contributed by atoms with Gasteiger partial charge in [-0.2, -0.15) is 0 Å². The maximum Gasteiger partial charge on any atom is 0.117 e. The summed E-state index contributed by atoms with van der Waals surface area (Å²) in [6.07, 6.45) is 5.81. The summed E-state index contributed by atoms with van der Waals surface area (Å²) in [4.78, 5) is 3.27. The molecule has 0 amide bonds. The molecule has 17 heavy (non-hydrogen) atoms. The number of aromatic nitrogens is 1. The Balaban J connectivity index is 1.98. The van der Waals surface area contributed by atoms with Gasteiger partial charge in [0.1, 0.15) is 5.75 Å². The molecule has 1 aliphatic rings. The van der Waals surface area contributed by atoms with Crippen LogP contribution >= 0.6 is 0 Å². The van der Waals surface area contributed by atoms with Crippen LogP contribution in [0.3, 0.4) is 0 Å². The number of hydrogen-bond donors (Lipinski definition) is 3. The molecule has 2 aromatic rings. The van der Waals surface area contributed by atoms with Gasteiger partial charge < -0.3 is 15.4 Å². The van der Waals surface area contributed by atoms with Crippen molar-refractivity contribution in [3.05, 3.63) is 30.0 Å². The number of phenols is 1. The summed E-state index contributed by atoms with van der Waals surface area (Å²) in [6.45, 7) is 2.25. The quantitative estimate of drug-likeness (QED) is 0.705. The van der Waals surface area contributed by atoms with Gasteiger partial charge in [0.05, 0.1) is 0 Å².